The molecule has 1 saturated heterocycles. The van der Waals surface area contributed by atoms with Gasteiger partial charge in [0.25, 0.3) is 0 Å². The Morgan fingerprint density at radius 2 is 2.05 bits per heavy atom. The Balaban J connectivity index is 1.85. The van der Waals surface area contributed by atoms with Gasteiger partial charge in [-0.25, -0.2) is 0 Å². The highest BCUT2D eigenvalue weighted by molar-refractivity contribution is 5.47. The third-order valence-electron chi connectivity index (χ3n) is 3.81. The molecule has 0 unspecified atom stereocenters. The molecule has 0 atom stereocenters. The lowest BCUT2D eigenvalue weighted by Crippen LogP contribution is -2.40. The second-order valence-electron chi connectivity index (χ2n) is 6.13. The number of aromatic nitrogens is 2. The third-order valence-corrected chi connectivity index (χ3v) is 3.81. The van der Waals surface area contributed by atoms with E-state index in [1.807, 2.05) is 11.7 Å². The highest BCUT2D eigenvalue weighted by atomic mass is 15.3. The van der Waals surface area contributed by atoms with Crippen molar-refractivity contribution in [3.05, 3.63) is 11.9 Å². The van der Waals surface area contributed by atoms with Gasteiger partial charge < -0.3 is 10.2 Å². The van der Waals surface area contributed by atoms with Gasteiger partial charge in [-0.05, 0) is 25.2 Å². The van der Waals surface area contributed by atoms with Crippen LogP contribution in [0, 0.1) is 5.92 Å². The minimum absolute atomic E-state index is 0.609. The van der Waals surface area contributed by atoms with Gasteiger partial charge in [-0.2, -0.15) is 5.10 Å². The number of hydrogen-bond acceptors (Lipinski definition) is 3. The molecule has 19 heavy (non-hydrogen) atoms. The minimum atomic E-state index is 0.609. The molecule has 1 aliphatic rings. The second-order valence-corrected chi connectivity index (χ2v) is 6.13. The zero-order valence-corrected chi connectivity index (χ0v) is 12.8. The fourth-order valence-electron chi connectivity index (χ4n) is 2.91. The first kappa shape index (κ1) is 14.4. The van der Waals surface area contributed by atoms with E-state index in [1.165, 1.54) is 43.9 Å². The van der Waals surface area contributed by atoms with Crippen LogP contribution in [0.1, 0.15) is 39.3 Å². The Bertz CT molecular complexity index is 389. The summed E-state index contributed by atoms with van der Waals surface area (Å²) in [7, 11) is 2.00. The maximum Gasteiger partial charge on any atom is 0.0853 e. The van der Waals surface area contributed by atoms with Gasteiger partial charge in [0.2, 0.25) is 0 Å². The van der Waals surface area contributed by atoms with E-state index in [0.717, 1.165) is 12.3 Å². The molecule has 0 bridgehead atoms. The number of nitrogens with one attached hydrogen (secondary N) is 1. The lowest BCUT2D eigenvalue weighted by Gasteiger charge is -2.33. The van der Waals surface area contributed by atoms with Crippen molar-refractivity contribution in [3.63, 3.8) is 0 Å². The number of nitrogens with zero attached hydrogens (tertiary/aromatic N) is 3. The van der Waals surface area contributed by atoms with Gasteiger partial charge in [0, 0.05) is 38.9 Å². The monoisotopic (exact) mass is 264 g/mol. The molecule has 2 heterocycles. The summed E-state index contributed by atoms with van der Waals surface area (Å²) in [5.74, 6) is 0.773. The Morgan fingerprint density at radius 3 is 2.63 bits per heavy atom. The van der Waals surface area contributed by atoms with Crippen LogP contribution >= 0.6 is 0 Å². The quantitative estimate of drug-likeness (QED) is 0.887. The van der Waals surface area contributed by atoms with Crippen molar-refractivity contribution in [3.8, 4) is 0 Å². The van der Waals surface area contributed by atoms with Crippen molar-refractivity contribution in [2.24, 2.45) is 13.0 Å². The lowest BCUT2D eigenvalue weighted by molar-refractivity contribution is 0.198. The molecule has 0 radical (unpaired) electrons. The Kier molecular flexibility index (Phi) is 4.86. The average molecular weight is 264 g/mol. The first-order valence-electron chi connectivity index (χ1n) is 7.60. The molecule has 0 spiro atoms. The molecule has 1 aliphatic heterocycles. The van der Waals surface area contributed by atoms with Crippen LogP contribution in [0.25, 0.3) is 0 Å². The highest BCUT2D eigenvalue weighted by Gasteiger charge is 2.20. The largest absolute Gasteiger partial charge is 0.379 e. The third kappa shape index (κ3) is 3.96. The Morgan fingerprint density at radius 1 is 1.37 bits per heavy atom. The highest BCUT2D eigenvalue weighted by Crippen LogP contribution is 2.20. The number of aryl methyl sites for hydroxylation is 2. The molecular formula is C15H28N4. The molecule has 0 saturated carbocycles. The summed E-state index contributed by atoms with van der Waals surface area (Å²) in [6.07, 6.45) is 5.59. The van der Waals surface area contributed by atoms with E-state index in [0.29, 0.717) is 6.04 Å². The molecule has 0 aliphatic carbocycles. The summed E-state index contributed by atoms with van der Waals surface area (Å²) in [4.78, 5) is 2.59. The minimum Gasteiger partial charge on any atom is -0.379 e. The van der Waals surface area contributed by atoms with Gasteiger partial charge in [-0.1, -0.05) is 20.8 Å². The zero-order valence-electron chi connectivity index (χ0n) is 12.8. The van der Waals surface area contributed by atoms with Gasteiger partial charge in [0.05, 0.1) is 11.4 Å². The number of likely N-dealkylation sites (tertiary alicyclic amines) is 1. The van der Waals surface area contributed by atoms with Crippen molar-refractivity contribution in [1.82, 2.24) is 14.7 Å². The average Bonchev–Trinajstić information content (AvgIpc) is 2.71. The summed E-state index contributed by atoms with van der Waals surface area (Å²) >= 11 is 0. The second kappa shape index (κ2) is 6.42. The smallest absolute Gasteiger partial charge is 0.0853 e. The summed E-state index contributed by atoms with van der Waals surface area (Å²) in [6, 6.07) is 0.609. The molecule has 1 aromatic heterocycles. The van der Waals surface area contributed by atoms with Crippen molar-refractivity contribution in [2.45, 2.75) is 46.1 Å². The molecule has 2 rings (SSSR count). The van der Waals surface area contributed by atoms with Crippen molar-refractivity contribution < 1.29 is 0 Å². The van der Waals surface area contributed by atoms with E-state index < -0.39 is 0 Å². The maximum atomic E-state index is 4.49. The van der Waals surface area contributed by atoms with Crippen LogP contribution < -0.4 is 5.32 Å². The molecule has 1 N–H and O–H groups in total. The van der Waals surface area contributed by atoms with E-state index in [9.17, 15) is 0 Å². The van der Waals surface area contributed by atoms with Gasteiger partial charge in [0.15, 0.2) is 0 Å². The number of piperidine rings is 1. The SMILES string of the molecule is CCc1nn(C)cc1NC1CCN(CC(C)C)CC1. The number of anilines is 1. The van der Waals surface area contributed by atoms with Crippen molar-refractivity contribution in [1.29, 1.82) is 0 Å². The predicted octanol–water partition coefficient (Wildman–Crippen LogP) is 2.51. The number of rotatable bonds is 5. The molecule has 4 heteroatoms. The first-order valence-corrected chi connectivity index (χ1v) is 7.60. The van der Waals surface area contributed by atoms with E-state index in [-0.39, 0.29) is 0 Å². The van der Waals surface area contributed by atoms with Crippen LogP contribution in [0.2, 0.25) is 0 Å². The molecule has 4 nitrogen and oxygen atoms in total. The Labute approximate surface area is 117 Å². The van der Waals surface area contributed by atoms with Crippen molar-refractivity contribution in [2.75, 3.05) is 25.0 Å². The van der Waals surface area contributed by atoms with Gasteiger partial charge in [0.1, 0.15) is 0 Å². The van der Waals surface area contributed by atoms with E-state index in [1.54, 1.807) is 0 Å². The summed E-state index contributed by atoms with van der Waals surface area (Å²) < 4.78 is 1.91. The van der Waals surface area contributed by atoms with Gasteiger partial charge in [-0.15, -0.1) is 0 Å². The standard InChI is InChI=1S/C15H28N4/c1-5-14-15(11-18(4)17-14)16-13-6-8-19(9-7-13)10-12(2)3/h11-13,16H,5-10H2,1-4H3. The maximum absolute atomic E-state index is 4.49. The molecular weight excluding hydrogens is 236 g/mol. The van der Waals surface area contributed by atoms with Crippen LogP contribution in [0.5, 0.6) is 0 Å². The van der Waals surface area contributed by atoms with Crippen molar-refractivity contribution >= 4 is 5.69 Å². The van der Waals surface area contributed by atoms with Crippen LogP contribution in [0.15, 0.2) is 6.20 Å². The topological polar surface area (TPSA) is 33.1 Å². The van der Waals surface area contributed by atoms with Crippen LogP contribution in [-0.4, -0.2) is 40.4 Å². The van der Waals surface area contributed by atoms with Crippen LogP contribution in [-0.2, 0) is 13.5 Å². The molecule has 1 aromatic rings. The van der Waals surface area contributed by atoms with Gasteiger partial charge in [-0.3, -0.25) is 4.68 Å². The zero-order chi connectivity index (χ0) is 13.8. The summed E-state index contributed by atoms with van der Waals surface area (Å²) in [5, 5.41) is 8.18. The van der Waals surface area contributed by atoms with E-state index in [2.05, 4.69) is 42.3 Å². The fourth-order valence-corrected chi connectivity index (χ4v) is 2.91. The molecule has 0 amide bonds. The molecule has 108 valence electrons. The first-order chi connectivity index (χ1) is 9.08. The summed E-state index contributed by atoms with van der Waals surface area (Å²) in [6.45, 7) is 10.4. The Hall–Kier alpha value is -1.03. The van der Waals surface area contributed by atoms with Gasteiger partial charge >= 0.3 is 0 Å². The van der Waals surface area contributed by atoms with Crippen LogP contribution in [0.3, 0.4) is 0 Å². The van der Waals surface area contributed by atoms with E-state index in [4.69, 9.17) is 0 Å². The number of hydrogen-bond donors (Lipinski definition) is 1. The van der Waals surface area contributed by atoms with Crippen LogP contribution in [0.4, 0.5) is 5.69 Å². The fraction of sp³-hybridized carbons (Fsp3) is 0.800. The normalized spacial score (nSPS) is 18.2. The molecule has 0 aromatic carbocycles. The van der Waals surface area contributed by atoms with E-state index >= 15 is 0 Å². The summed E-state index contributed by atoms with van der Waals surface area (Å²) in [5.41, 5.74) is 2.42. The molecule has 1 fully saturated rings. The lowest BCUT2D eigenvalue weighted by atomic mass is 10.0. The predicted molar refractivity (Wildman–Crippen MR) is 80.5 cm³/mol.